The number of hydrogen-bond donors (Lipinski definition) is 2. The molecule has 0 spiro atoms. The van der Waals surface area contributed by atoms with Gasteiger partial charge in [-0.2, -0.15) is 11.8 Å². The fourth-order valence-electron chi connectivity index (χ4n) is 2.30. The van der Waals surface area contributed by atoms with Crippen molar-refractivity contribution in [1.82, 2.24) is 5.32 Å². The molecule has 1 heterocycles. The van der Waals surface area contributed by atoms with E-state index in [2.05, 4.69) is 5.32 Å². The van der Waals surface area contributed by atoms with Crippen LogP contribution in [0.1, 0.15) is 25.7 Å². The number of thioether (sulfide) groups is 1. The van der Waals surface area contributed by atoms with E-state index in [1.165, 1.54) is 12.2 Å². The molecule has 1 aliphatic carbocycles. The minimum Gasteiger partial charge on any atom is -0.328 e. The summed E-state index contributed by atoms with van der Waals surface area (Å²) in [4.78, 5) is 0. The van der Waals surface area contributed by atoms with Gasteiger partial charge in [-0.15, -0.1) is 0 Å². The van der Waals surface area contributed by atoms with Crippen LogP contribution in [0.4, 0.5) is 4.39 Å². The zero-order valence-electron chi connectivity index (χ0n) is 8.47. The molecule has 3 atom stereocenters. The first-order chi connectivity index (χ1) is 6.68. The molecule has 0 amide bonds. The lowest BCUT2D eigenvalue weighted by Crippen LogP contribution is -2.41. The SMILES string of the molecule is NC1CCC(F)(CNC2CCSC2)C1. The van der Waals surface area contributed by atoms with Crippen LogP contribution in [0, 0.1) is 0 Å². The summed E-state index contributed by atoms with van der Waals surface area (Å²) in [5.74, 6) is 2.36. The first-order valence-electron chi connectivity index (χ1n) is 5.44. The Morgan fingerprint density at radius 3 is 2.93 bits per heavy atom. The summed E-state index contributed by atoms with van der Waals surface area (Å²) >= 11 is 1.95. The molecule has 82 valence electrons. The normalized spacial score (nSPS) is 43.3. The molecule has 2 aliphatic rings. The van der Waals surface area contributed by atoms with Crippen LogP contribution in [0.25, 0.3) is 0 Å². The lowest BCUT2D eigenvalue weighted by Gasteiger charge is -2.22. The maximum Gasteiger partial charge on any atom is 0.125 e. The molecule has 0 aromatic carbocycles. The summed E-state index contributed by atoms with van der Waals surface area (Å²) in [6.07, 6.45) is 3.21. The minimum atomic E-state index is -1.02. The monoisotopic (exact) mass is 218 g/mol. The average Bonchev–Trinajstić information content (AvgIpc) is 2.73. The van der Waals surface area contributed by atoms with Crippen molar-refractivity contribution in [3.8, 4) is 0 Å². The van der Waals surface area contributed by atoms with Crippen molar-refractivity contribution >= 4 is 11.8 Å². The van der Waals surface area contributed by atoms with Gasteiger partial charge in [0.2, 0.25) is 0 Å². The van der Waals surface area contributed by atoms with Gasteiger partial charge in [-0.05, 0) is 31.4 Å². The molecule has 0 radical (unpaired) electrons. The van der Waals surface area contributed by atoms with Crippen molar-refractivity contribution < 1.29 is 4.39 Å². The molecule has 0 bridgehead atoms. The fourth-order valence-corrected chi connectivity index (χ4v) is 3.49. The molecule has 1 saturated heterocycles. The molecule has 4 heteroatoms. The van der Waals surface area contributed by atoms with Crippen LogP contribution in [0.5, 0.6) is 0 Å². The van der Waals surface area contributed by atoms with Crippen LogP contribution in [0.15, 0.2) is 0 Å². The quantitative estimate of drug-likeness (QED) is 0.750. The van der Waals surface area contributed by atoms with Crippen LogP contribution < -0.4 is 11.1 Å². The molecule has 2 rings (SSSR count). The predicted molar refractivity (Wildman–Crippen MR) is 59.4 cm³/mol. The highest BCUT2D eigenvalue weighted by Gasteiger charge is 2.38. The lowest BCUT2D eigenvalue weighted by atomic mass is 10.0. The van der Waals surface area contributed by atoms with Crippen LogP contribution in [-0.4, -0.2) is 35.8 Å². The molecule has 0 aromatic rings. The number of rotatable bonds is 3. The van der Waals surface area contributed by atoms with Crippen molar-refractivity contribution in [1.29, 1.82) is 0 Å². The van der Waals surface area contributed by atoms with E-state index in [1.54, 1.807) is 0 Å². The number of alkyl halides is 1. The van der Waals surface area contributed by atoms with E-state index in [9.17, 15) is 4.39 Å². The van der Waals surface area contributed by atoms with Crippen molar-refractivity contribution in [2.24, 2.45) is 5.73 Å². The van der Waals surface area contributed by atoms with E-state index in [0.717, 1.165) is 12.2 Å². The first kappa shape index (κ1) is 10.7. The van der Waals surface area contributed by atoms with E-state index in [1.807, 2.05) is 11.8 Å². The summed E-state index contributed by atoms with van der Waals surface area (Å²) in [5, 5.41) is 3.33. The van der Waals surface area contributed by atoms with Crippen LogP contribution in [0.3, 0.4) is 0 Å². The van der Waals surface area contributed by atoms with E-state index in [-0.39, 0.29) is 6.04 Å². The molecule has 2 fully saturated rings. The molecule has 0 aromatic heterocycles. The Bertz CT molecular complexity index is 197. The van der Waals surface area contributed by atoms with Crippen LogP contribution in [-0.2, 0) is 0 Å². The van der Waals surface area contributed by atoms with Crippen molar-refractivity contribution in [3.05, 3.63) is 0 Å². The van der Waals surface area contributed by atoms with Crippen molar-refractivity contribution in [2.45, 2.75) is 43.4 Å². The maximum atomic E-state index is 14.1. The predicted octanol–water partition coefficient (Wildman–Crippen LogP) is 1.30. The highest BCUT2D eigenvalue weighted by atomic mass is 32.2. The molecule has 1 aliphatic heterocycles. The van der Waals surface area contributed by atoms with Crippen molar-refractivity contribution in [2.75, 3.05) is 18.1 Å². The summed E-state index contributed by atoms with van der Waals surface area (Å²) in [7, 11) is 0. The average molecular weight is 218 g/mol. The smallest absolute Gasteiger partial charge is 0.125 e. The second kappa shape index (κ2) is 4.37. The second-order valence-corrected chi connectivity index (χ2v) is 5.75. The number of nitrogens with two attached hydrogens (primary N) is 1. The molecule has 3 unspecified atom stereocenters. The Hall–Kier alpha value is 0.200. The van der Waals surface area contributed by atoms with Gasteiger partial charge in [-0.1, -0.05) is 0 Å². The summed E-state index contributed by atoms with van der Waals surface area (Å²) in [6.45, 7) is 0.506. The van der Waals surface area contributed by atoms with Gasteiger partial charge in [0.15, 0.2) is 0 Å². The van der Waals surface area contributed by atoms with Gasteiger partial charge in [0.1, 0.15) is 5.67 Å². The molecular weight excluding hydrogens is 199 g/mol. The van der Waals surface area contributed by atoms with E-state index < -0.39 is 5.67 Å². The zero-order valence-corrected chi connectivity index (χ0v) is 9.28. The Kier molecular flexibility index (Phi) is 3.34. The number of nitrogens with one attached hydrogen (secondary N) is 1. The zero-order chi connectivity index (χ0) is 10.0. The second-order valence-electron chi connectivity index (χ2n) is 4.60. The maximum absolute atomic E-state index is 14.1. The van der Waals surface area contributed by atoms with Gasteiger partial charge >= 0.3 is 0 Å². The highest BCUT2D eigenvalue weighted by Crippen LogP contribution is 2.32. The minimum absolute atomic E-state index is 0.0831. The third-order valence-electron chi connectivity index (χ3n) is 3.23. The number of halogens is 1. The van der Waals surface area contributed by atoms with Gasteiger partial charge in [0.05, 0.1) is 0 Å². The standard InChI is InChI=1S/C10H19FN2S/c11-10(3-1-8(12)5-10)7-13-9-2-4-14-6-9/h8-9,13H,1-7,12H2. The van der Waals surface area contributed by atoms with Gasteiger partial charge in [0, 0.05) is 24.4 Å². The van der Waals surface area contributed by atoms with Crippen LogP contribution >= 0.6 is 11.8 Å². The molecule has 2 nitrogen and oxygen atoms in total. The molecular formula is C10H19FN2S. The Morgan fingerprint density at radius 2 is 2.36 bits per heavy atom. The molecule has 14 heavy (non-hydrogen) atoms. The van der Waals surface area contributed by atoms with E-state index >= 15 is 0 Å². The van der Waals surface area contributed by atoms with Crippen LogP contribution in [0.2, 0.25) is 0 Å². The van der Waals surface area contributed by atoms with Gasteiger partial charge in [-0.25, -0.2) is 4.39 Å². The van der Waals surface area contributed by atoms with Crippen molar-refractivity contribution in [3.63, 3.8) is 0 Å². The van der Waals surface area contributed by atoms with E-state index in [0.29, 0.717) is 25.4 Å². The van der Waals surface area contributed by atoms with Gasteiger partial charge in [0.25, 0.3) is 0 Å². The highest BCUT2D eigenvalue weighted by molar-refractivity contribution is 7.99. The molecule has 1 saturated carbocycles. The Balaban J connectivity index is 1.73. The fraction of sp³-hybridized carbons (Fsp3) is 1.00. The summed E-state index contributed by atoms with van der Waals surface area (Å²) in [5.41, 5.74) is 4.70. The topological polar surface area (TPSA) is 38.0 Å². The summed E-state index contributed by atoms with van der Waals surface area (Å²) in [6, 6.07) is 0.615. The van der Waals surface area contributed by atoms with E-state index in [4.69, 9.17) is 5.73 Å². The largest absolute Gasteiger partial charge is 0.328 e. The molecule has 3 N–H and O–H groups in total. The third kappa shape index (κ3) is 2.61. The Labute approximate surface area is 89.2 Å². The van der Waals surface area contributed by atoms with Gasteiger partial charge in [-0.3, -0.25) is 0 Å². The Morgan fingerprint density at radius 1 is 1.50 bits per heavy atom. The number of hydrogen-bond acceptors (Lipinski definition) is 3. The lowest BCUT2D eigenvalue weighted by molar-refractivity contribution is 0.162. The van der Waals surface area contributed by atoms with Gasteiger partial charge < -0.3 is 11.1 Å². The summed E-state index contributed by atoms with van der Waals surface area (Å²) < 4.78 is 14.1. The third-order valence-corrected chi connectivity index (χ3v) is 4.39. The first-order valence-corrected chi connectivity index (χ1v) is 6.59.